The van der Waals surface area contributed by atoms with Gasteiger partial charge in [-0.1, -0.05) is 40.9 Å². The summed E-state index contributed by atoms with van der Waals surface area (Å²) in [6, 6.07) is 9.03. The molecule has 2 N–H and O–H groups in total. The van der Waals surface area contributed by atoms with Crippen molar-refractivity contribution >= 4 is 46.8 Å². The minimum atomic E-state index is -0.817. The van der Waals surface area contributed by atoms with Gasteiger partial charge in [-0.3, -0.25) is 10.1 Å². The van der Waals surface area contributed by atoms with Crippen LogP contribution in [0.1, 0.15) is 21.5 Å². The smallest absolute Gasteiger partial charge is 0.340 e. The van der Waals surface area contributed by atoms with Crippen molar-refractivity contribution in [1.82, 2.24) is 5.32 Å². The lowest BCUT2D eigenvalue weighted by Gasteiger charge is -2.10. The van der Waals surface area contributed by atoms with Crippen molar-refractivity contribution in [3.8, 4) is 0 Å². The number of hydrogen-bond acceptors (Lipinski definition) is 4. The zero-order valence-electron chi connectivity index (χ0n) is 14.1. The molecule has 0 aliphatic heterocycles. The molecular weight excluding hydrogens is 379 g/mol. The van der Waals surface area contributed by atoms with E-state index in [0.717, 1.165) is 11.1 Å². The summed E-state index contributed by atoms with van der Waals surface area (Å²) in [4.78, 5) is 35.5. The predicted molar refractivity (Wildman–Crippen MR) is 99.8 cm³/mol. The van der Waals surface area contributed by atoms with Crippen molar-refractivity contribution in [3.63, 3.8) is 0 Å². The van der Waals surface area contributed by atoms with E-state index >= 15 is 0 Å². The van der Waals surface area contributed by atoms with E-state index in [0.29, 0.717) is 10.7 Å². The highest BCUT2D eigenvalue weighted by atomic mass is 35.5. The highest BCUT2D eigenvalue weighted by molar-refractivity contribution is 6.35. The standard InChI is InChI=1S/C18H16Cl2N2O4/c1-10-3-6-15(11(2)7-10)21-18(25)22-16(23)9-26-17(24)13-8-12(19)4-5-14(13)20/h3-8H,9H2,1-2H3,(H2,21,22,23,25). The number of imide groups is 1. The Hall–Kier alpha value is -2.57. The van der Waals surface area contributed by atoms with Gasteiger partial charge in [0.05, 0.1) is 10.6 Å². The van der Waals surface area contributed by atoms with Gasteiger partial charge in [-0.05, 0) is 43.7 Å². The summed E-state index contributed by atoms with van der Waals surface area (Å²) in [5.41, 5.74) is 2.51. The first-order chi connectivity index (χ1) is 12.3. The zero-order valence-corrected chi connectivity index (χ0v) is 15.6. The van der Waals surface area contributed by atoms with Gasteiger partial charge in [-0.2, -0.15) is 0 Å². The van der Waals surface area contributed by atoms with Crippen LogP contribution in [-0.2, 0) is 9.53 Å². The average Bonchev–Trinajstić information content (AvgIpc) is 2.57. The number of benzene rings is 2. The number of rotatable bonds is 4. The largest absolute Gasteiger partial charge is 0.452 e. The minimum Gasteiger partial charge on any atom is -0.452 e. The summed E-state index contributed by atoms with van der Waals surface area (Å²) in [6.07, 6.45) is 0. The van der Waals surface area contributed by atoms with Gasteiger partial charge >= 0.3 is 12.0 Å². The number of carbonyl (C=O) groups is 3. The maximum atomic E-state index is 11.9. The molecule has 0 heterocycles. The van der Waals surface area contributed by atoms with E-state index in [1.165, 1.54) is 18.2 Å². The lowest BCUT2D eigenvalue weighted by molar-refractivity contribution is -0.123. The predicted octanol–water partition coefficient (Wildman–Crippen LogP) is 4.12. The quantitative estimate of drug-likeness (QED) is 0.763. The third-order valence-corrected chi connectivity index (χ3v) is 3.93. The number of halogens is 2. The first kappa shape index (κ1) is 19.8. The fraction of sp³-hybridized carbons (Fsp3) is 0.167. The molecule has 0 aliphatic carbocycles. The average molecular weight is 395 g/mol. The van der Waals surface area contributed by atoms with Crippen LogP contribution in [0.15, 0.2) is 36.4 Å². The maximum Gasteiger partial charge on any atom is 0.340 e. The number of hydrogen-bond donors (Lipinski definition) is 2. The Morgan fingerprint density at radius 1 is 1.04 bits per heavy atom. The maximum absolute atomic E-state index is 11.9. The number of anilines is 1. The molecule has 136 valence electrons. The summed E-state index contributed by atoms with van der Waals surface area (Å²) in [5.74, 6) is -1.60. The second kappa shape index (κ2) is 8.69. The molecule has 2 aromatic rings. The van der Waals surface area contributed by atoms with Gasteiger partial charge in [0.1, 0.15) is 0 Å². The molecule has 0 atom stereocenters. The molecule has 0 saturated heterocycles. The van der Waals surface area contributed by atoms with Crippen LogP contribution in [0.3, 0.4) is 0 Å². The molecule has 0 unspecified atom stereocenters. The van der Waals surface area contributed by atoms with Crippen molar-refractivity contribution in [2.45, 2.75) is 13.8 Å². The number of carbonyl (C=O) groups excluding carboxylic acids is 3. The van der Waals surface area contributed by atoms with E-state index in [1.54, 1.807) is 6.07 Å². The second-order valence-corrected chi connectivity index (χ2v) is 6.36. The molecule has 2 rings (SSSR count). The highest BCUT2D eigenvalue weighted by Crippen LogP contribution is 2.21. The fourth-order valence-electron chi connectivity index (χ4n) is 2.13. The van der Waals surface area contributed by atoms with Crippen LogP contribution in [0.5, 0.6) is 0 Å². The van der Waals surface area contributed by atoms with Gasteiger partial charge in [-0.25, -0.2) is 9.59 Å². The van der Waals surface area contributed by atoms with E-state index in [1.807, 2.05) is 26.0 Å². The Labute approximate surface area is 160 Å². The second-order valence-electron chi connectivity index (χ2n) is 5.52. The van der Waals surface area contributed by atoms with Crippen LogP contribution in [0.4, 0.5) is 10.5 Å². The summed E-state index contributed by atoms with van der Waals surface area (Å²) >= 11 is 11.7. The SMILES string of the molecule is Cc1ccc(NC(=O)NC(=O)COC(=O)c2cc(Cl)ccc2Cl)c(C)c1. The Morgan fingerprint density at radius 3 is 2.46 bits per heavy atom. The Morgan fingerprint density at radius 2 is 1.77 bits per heavy atom. The van der Waals surface area contributed by atoms with Crippen LogP contribution in [0, 0.1) is 13.8 Å². The molecule has 2 aromatic carbocycles. The fourth-order valence-corrected chi connectivity index (χ4v) is 2.50. The first-order valence-electron chi connectivity index (χ1n) is 7.56. The molecule has 8 heteroatoms. The Balaban J connectivity index is 1.87. The molecule has 0 bridgehead atoms. The number of nitrogens with one attached hydrogen (secondary N) is 2. The van der Waals surface area contributed by atoms with Crippen LogP contribution >= 0.6 is 23.2 Å². The normalized spacial score (nSPS) is 10.2. The molecule has 0 aliphatic rings. The van der Waals surface area contributed by atoms with Crippen molar-refractivity contribution in [2.24, 2.45) is 0 Å². The van der Waals surface area contributed by atoms with E-state index in [4.69, 9.17) is 27.9 Å². The van der Waals surface area contributed by atoms with Gasteiger partial charge in [0.25, 0.3) is 5.91 Å². The van der Waals surface area contributed by atoms with E-state index in [2.05, 4.69) is 10.6 Å². The summed E-state index contributed by atoms with van der Waals surface area (Å²) < 4.78 is 4.84. The van der Waals surface area contributed by atoms with Crippen LogP contribution < -0.4 is 10.6 Å². The summed E-state index contributed by atoms with van der Waals surface area (Å²) in [6.45, 7) is 3.13. The molecule has 6 nitrogen and oxygen atoms in total. The van der Waals surface area contributed by atoms with Gasteiger partial charge in [0.2, 0.25) is 0 Å². The van der Waals surface area contributed by atoms with Gasteiger partial charge in [0, 0.05) is 10.7 Å². The van der Waals surface area contributed by atoms with Gasteiger partial charge < -0.3 is 10.1 Å². The molecule has 0 spiro atoms. The van der Waals surface area contributed by atoms with Crippen LogP contribution in [0.2, 0.25) is 10.0 Å². The molecular formula is C18H16Cl2N2O4. The molecule has 26 heavy (non-hydrogen) atoms. The van der Waals surface area contributed by atoms with Crippen LogP contribution in [0.25, 0.3) is 0 Å². The van der Waals surface area contributed by atoms with E-state index < -0.39 is 24.5 Å². The zero-order chi connectivity index (χ0) is 19.3. The molecule has 0 fully saturated rings. The lowest BCUT2D eigenvalue weighted by Crippen LogP contribution is -2.37. The molecule has 0 saturated carbocycles. The van der Waals surface area contributed by atoms with Crippen molar-refractivity contribution < 1.29 is 19.1 Å². The van der Waals surface area contributed by atoms with Gasteiger partial charge in [-0.15, -0.1) is 0 Å². The number of urea groups is 1. The van der Waals surface area contributed by atoms with Crippen molar-refractivity contribution in [3.05, 3.63) is 63.1 Å². The Bertz CT molecular complexity index is 868. The first-order valence-corrected chi connectivity index (χ1v) is 8.32. The van der Waals surface area contributed by atoms with Crippen molar-refractivity contribution in [2.75, 3.05) is 11.9 Å². The topological polar surface area (TPSA) is 84.5 Å². The lowest BCUT2D eigenvalue weighted by atomic mass is 10.1. The third kappa shape index (κ3) is 5.47. The number of amides is 3. The molecule has 3 amide bonds. The molecule has 0 aromatic heterocycles. The number of aryl methyl sites for hydroxylation is 2. The van der Waals surface area contributed by atoms with Gasteiger partial charge in [0.15, 0.2) is 6.61 Å². The molecule has 0 radical (unpaired) electrons. The third-order valence-electron chi connectivity index (χ3n) is 3.37. The van der Waals surface area contributed by atoms with E-state index in [-0.39, 0.29) is 10.6 Å². The van der Waals surface area contributed by atoms with E-state index in [9.17, 15) is 14.4 Å². The van der Waals surface area contributed by atoms with Crippen molar-refractivity contribution in [1.29, 1.82) is 0 Å². The monoisotopic (exact) mass is 394 g/mol. The minimum absolute atomic E-state index is 0.0340. The summed E-state index contributed by atoms with van der Waals surface area (Å²) in [7, 11) is 0. The highest BCUT2D eigenvalue weighted by Gasteiger charge is 2.16. The van der Waals surface area contributed by atoms with Crippen LogP contribution in [-0.4, -0.2) is 24.5 Å². The number of ether oxygens (including phenoxy) is 1. The number of esters is 1. The summed E-state index contributed by atoms with van der Waals surface area (Å²) in [5, 5.41) is 5.08. The Kier molecular flexibility index (Phi) is 6.60.